The number of benzene rings is 1. The number of piperazine rings is 1. The summed E-state index contributed by atoms with van der Waals surface area (Å²) in [6, 6.07) is 0.600. The van der Waals surface area contributed by atoms with Crippen molar-refractivity contribution in [2.45, 2.75) is 38.4 Å². The highest BCUT2D eigenvalue weighted by Gasteiger charge is 2.47. The maximum atomic E-state index is 15.2. The molecular formula is C22H26F2N4O3. The van der Waals surface area contributed by atoms with Gasteiger partial charge in [0.25, 0.3) is 11.5 Å². The van der Waals surface area contributed by atoms with E-state index in [2.05, 4.69) is 4.90 Å². The first-order valence-electron chi connectivity index (χ1n) is 10.6. The Morgan fingerprint density at radius 3 is 2.55 bits per heavy atom. The number of halogens is 2. The molecule has 3 aliphatic rings. The third kappa shape index (κ3) is 2.75. The minimum atomic E-state index is -0.747. The van der Waals surface area contributed by atoms with Crippen molar-refractivity contribution in [3.05, 3.63) is 33.6 Å². The summed E-state index contributed by atoms with van der Waals surface area (Å²) in [5, 5.41) is 0.316. The van der Waals surface area contributed by atoms with Gasteiger partial charge in [-0.05, 0) is 33.4 Å². The molecule has 2 saturated heterocycles. The van der Waals surface area contributed by atoms with E-state index in [0.29, 0.717) is 43.8 Å². The molecule has 3 unspecified atom stereocenters. The molecule has 7 nitrogen and oxygen atoms in total. The van der Waals surface area contributed by atoms with Gasteiger partial charge in [-0.25, -0.2) is 8.78 Å². The highest BCUT2D eigenvalue weighted by molar-refractivity contribution is 6.12. The van der Waals surface area contributed by atoms with Crippen molar-refractivity contribution in [3.8, 4) is 0 Å². The summed E-state index contributed by atoms with van der Waals surface area (Å²) in [5.74, 6) is -1.58. The van der Waals surface area contributed by atoms with Gasteiger partial charge in [-0.2, -0.15) is 0 Å². The fourth-order valence-corrected chi connectivity index (χ4v) is 5.13. The number of nitrogens with zero attached hydrogens (tertiary/aromatic N) is 4. The number of rotatable bonds is 1. The highest BCUT2D eigenvalue weighted by atomic mass is 19.1. The van der Waals surface area contributed by atoms with Gasteiger partial charge < -0.3 is 14.2 Å². The summed E-state index contributed by atoms with van der Waals surface area (Å²) < 4.78 is 36.6. The van der Waals surface area contributed by atoms with Crippen LogP contribution in [0.25, 0.3) is 10.9 Å². The lowest BCUT2D eigenvalue weighted by Crippen LogP contribution is -2.66. The monoisotopic (exact) mass is 432 g/mol. The van der Waals surface area contributed by atoms with E-state index in [9.17, 15) is 14.0 Å². The summed E-state index contributed by atoms with van der Waals surface area (Å²) in [6.07, 6.45) is 0.613. The minimum absolute atomic E-state index is 0.0601. The standard InChI is InChI=1S/C22H26F2N4O3/c1-11-8-27-16(9-25(11)3)21(29)28(13-5-6-31-10-13)20-19(27)14-7-15(23)12(2)17(24)18(14)26(4)22(20)30/h7,11,13,16H,5-6,8-10H2,1-4H3. The minimum Gasteiger partial charge on any atom is -0.379 e. The number of aryl methyl sites for hydroxylation is 1. The number of aromatic nitrogens is 1. The van der Waals surface area contributed by atoms with E-state index in [1.54, 1.807) is 4.90 Å². The molecule has 2 fully saturated rings. The lowest BCUT2D eigenvalue weighted by molar-refractivity contribution is -0.121. The first kappa shape index (κ1) is 20.4. The Labute approximate surface area is 178 Å². The largest absolute Gasteiger partial charge is 0.379 e. The predicted octanol–water partition coefficient (Wildman–Crippen LogP) is 1.77. The number of amides is 1. The van der Waals surface area contributed by atoms with Gasteiger partial charge in [0.2, 0.25) is 0 Å². The highest BCUT2D eigenvalue weighted by Crippen LogP contribution is 2.43. The fraction of sp³-hybridized carbons (Fsp3) is 0.545. The third-order valence-electron chi connectivity index (χ3n) is 7.12. The van der Waals surface area contributed by atoms with Crippen molar-refractivity contribution in [2.24, 2.45) is 7.05 Å². The molecule has 1 aromatic heterocycles. The van der Waals surface area contributed by atoms with E-state index in [1.807, 2.05) is 18.9 Å². The van der Waals surface area contributed by atoms with Crippen LogP contribution in [0.15, 0.2) is 10.9 Å². The number of carbonyl (C=O) groups is 1. The van der Waals surface area contributed by atoms with E-state index in [4.69, 9.17) is 4.74 Å². The number of hydrogen-bond acceptors (Lipinski definition) is 5. The molecule has 3 aliphatic heterocycles. The Balaban J connectivity index is 1.88. The van der Waals surface area contributed by atoms with Crippen molar-refractivity contribution in [1.29, 1.82) is 0 Å². The first-order valence-corrected chi connectivity index (χ1v) is 10.6. The zero-order valence-electron chi connectivity index (χ0n) is 18.1. The van der Waals surface area contributed by atoms with Crippen LogP contribution in [0.4, 0.5) is 20.2 Å². The Kier molecular flexibility index (Phi) is 4.60. The Morgan fingerprint density at radius 1 is 1.13 bits per heavy atom. The van der Waals surface area contributed by atoms with E-state index in [1.165, 1.54) is 24.6 Å². The molecule has 166 valence electrons. The molecule has 3 atom stereocenters. The predicted molar refractivity (Wildman–Crippen MR) is 114 cm³/mol. The van der Waals surface area contributed by atoms with Crippen LogP contribution in [0.3, 0.4) is 0 Å². The van der Waals surface area contributed by atoms with Crippen molar-refractivity contribution < 1.29 is 18.3 Å². The summed E-state index contributed by atoms with van der Waals surface area (Å²) in [7, 11) is 3.43. The number of pyridine rings is 1. The van der Waals surface area contributed by atoms with Gasteiger partial charge in [-0.15, -0.1) is 0 Å². The van der Waals surface area contributed by atoms with E-state index in [-0.39, 0.29) is 34.8 Å². The van der Waals surface area contributed by atoms with Crippen LogP contribution >= 0.6 is 0 Å². The van der Waals surface area contributed by atoms with Gasteiger partial charge in [0, 0.05) is 43.7 Å². The first-order chi connectivity index (χ1) is 14.7. The van der Waals surface area contributed by atoms with Crippen molar-refractivity contribution in [2.75, 3.05) is 43.2 Å². The molecule has 0 saturated carbocycles. The van der Waals surface area contributed by atoms with Crippen LogP contribution in [0.1, 0.15) is 18.9 Å². The maximum Gasteiger partial charge on any atom is 0.277 e. The Morgan fingerprint density at radius 2 is 1.87 bits per heavy atom. The van der Waals surface area contributed by atoms with Crippen molar-refractivity contribution in [1.82, 2.24) is 9.47 Å². The molecule has 0 spiro atoms. The molecule has 4 heterocycles. The van der Waals surface area contributed by atoms with Gasteiger partial charge in [0.05, 0.1) is 23.9 Å². The van der Waals surface area contributed by atoms with Crippen LogP contribution in [0, 0.1) is 18.6 Å². The average molecular weight is 432 g/mol. The molecule has 5 rings (SSSR count). The van der Waals surface area contributed by atoms with E-state index in [0.717, 1.165) is 0 Å². The topological polar surface area (TPSA) is 58.0 Å². The SMILES string of the molecule is Cc1c(F)cc2c3c(c(=O)n(C)c2c1F)N(C1CCOC1)C(=O)C1CN(C)C(C)CN31. The Bertz CT molecular complexity index is 1160. The summed E-state index contributed by atoms with van der Waals surface area (Å²) in [6.45, 7) is 5.19. The molecule has 1 amide bonds. The number of carbonyl (C=O) groups excluding carboxylic acids is 1. The second-order valence-corrected chi connectivity index (χ2v) is 8.94. The van der Waals surface area contributed by atoms with Crippen LogP contribution in [-0.4, -0.2) is 66.9 Å². The molecule has 31 heavy (non-hydrogen) atoms. The molecule has 9 heteroatoms. The molecule has 2 aromatic rings. The third-order valence-corrected chi connectivity index (χ3v) is 7.12. The number of likely N-dealkylation sites (N-methyl/N-ethyl adjacent to an activating group) is 1. The zero-order valence-corrected chi connectivity index (χ0v) is 18.1. The van der Waals surface area contributed by atoms with Gasteiger partial charge in [0.15, 0.2) is 5.82 Å². The van der Waals surface area contributed by atoms with Crippen LogP contribution in [0.5, 0.6) is 0 Å². The van der Waals surface area contributed by atoms with Crippen molar-refractivity contribution >= 4 is 28.2 Å². The zero-order chi connectivity index (χ0) is 22.2. The van der Waals surface area contributed by atoms with Crippen LogP contribution in [-0.2, 0) is 16.6 Å². The van der Waals surface area contributed by atoms with Gasteiger partial charge in [0.1, 0.15) is 17.5 Å². The summed E-state index contributed by atoms with van der Waals surface area (Å²) >= 11 is 0. The molecule has 0 N–H and O–H groups in total. The number of fused-ring (bicyclic) bond motifs is 5. The van der Waals surface area contributed by atoms with Gasteiger partial charge in [-0.1, -0.05) is 0 Å². The Hall–Kier alpha value is -2.52. The average Bonchev–Trinajstić information content (AvgIpc) is 3.26. The normalized spacial score (nSPS) is 26.5. The molecule has 1 aromatic carbocycles. The second kappa shape index (κ2) is 7.00. The molecule has 0 bridgehead atoms. The number of anilines is 2. The quantitative estimate of drug-likeness (QED) is 0.688. The van der Waals surface area contributed by atoms with Crippen LogP contribution < -0.4 is 15.4 Å². The van der Waals surface area contributed by atoms with E-state index >= 15 is 4.39 Å². The molecule has 0 radical (unpaired) electrons. The number of hydrogen-bond donors (Lipinski definition) is 0. The lowest BCUT2D eigenvalue weighted by atomic mass is 9.96. The second-order valence-electron chi connectivity index (χ2n) is 8.94. The fourth-order valence-electron chi connectivity index (χ4n) is 5.13. The van der Waals surface area contributed by atoms with E-state index < -0.39 is 23.2 Å². The summed E-state index contributed by atoms with van der Waals surface area (Å²) in [5.41, 5.74) is 0.125. The molecular weight excluding hydrogens is 406 g/mol. The smallest absolute Gasteiger partial charge is 0.277 e. The van der Waals surface area contributed by atoms with Gasteiger partial charge >= 0.3 is 0 Å². The summed E-state index contributed by atoms with van der Waals surface area (Å²) in [4.78, 5) is 32.7. The van der Waals surface area contributed by atoms with Crippen LogP contribution in [0.2, 0.25) is 0 Å². The van der Waals surface area contributed by atoms with Crippen molar-refractivity contribution in [3.63, 3.8) is 0 Å². The lowest BCUT2D eigenvalue weighted by Gasteiger charge is -2.50. The maximum absolute atomic E-state index is 15.2. The van der Waals surface area contributed by atoms with Gasteiger partial charge in [-0.3, -0.25) is 19.4 Å². The number of ether oxygens (including phenoxy) is 1. The molecule has 0 aliphatic carbocycles.